The van der Waals surface area contributed by atoms with Crippen molar-refractivity contribution in [2.45, 2.75) is 0 Å². The molecule has 0 saturated carbocycles. The topological polar surface area (TPSA) is 30.2 Å². The predicted octanol–water partition coefficient (Wildman–Crippen LogP) is 2.88. The Balaban J connectivity index is 2.23. The molecule has 17 heavy (non-hydrogen) atoms. The number of hydrogen-bond donors (Lipinski definition) is 0. The Labute approximate surface area is 98.0 Å². The SMILES string of the molecule is C1=Cc2cccn3nnc(c23)-c2ccccc21. The number of nitrogens with zero attached hydrogens (tertiary/aromatic N) is 3. The van der Waals surface area contributed by atoms with E-state index in [0.717, 1.165) is 22.3 Å². The number of hydrogen-bond acceptors (Lipinski definition) is 2. The van der Waals surface area contributed by atoms with Crippen LogP contribution in [0.1, 0.15) is 11.1 Å². The monoisotopic (exact) mass is 219 g/mol. The van der Waals surface area contributed by atoms with E-state index in [4.69, 9.17) is 0 Å². The van der Waals surface area contributed by atoms with Crippen molar-refractivity contribution in [3.63, 3.8) is 0 Å². The molecule has 2 heterocycles. The largest absolute Gasteiger partial charge is 0.219 e. The summed E-state index contributed by atoms with van der Waals surface area (Å²) in [6.07, 6.45) is 6.18. The minimum Gasteiger partial charge on any atom is -0.219 e. The van der Waals surface area contributed by atoms with Gasteiger partial charge in [0.2, 0.25) is 0 Å². The van der Waals surface area contributed by atoms with Gasteiger partial charge in [-0.1, -0.05) is 47.7 Å². The van der Waals surface area contributed by atoms with Gasteiger partial charge in [0, 0.05) is 17.3 Å². The van der Waals surface area contributed by atoms with Gasteiger partial charge in [0.25, 0.3) is 0 Å². The molecular formula is C14H9N3. The van der Waals surface area contributed by atoms with Crippen molar-refractivity contribution < 1.29 is 0 Å². The molecule has 0 atom stereocenters. The van der Waals surface area contributed by atoms with Crippen LogP contribution in [0.3, 0.4) is 0 Å². The Morgan fingerprint density at radius 3 is 2.71 bits per heavy atom. The number of rotatable bonds is 0. The van der Waals surface area contributed by atoms with Crippen LogP contribution in [0, 0.1) is 0 Å². The summed E-state index contributed by atoms with van der Waals surface area (Å²) in [5, 5.41) is 8.46. The summed E-state index contributed by atoms with van der Waals surface area (Å²) in [4.78, 5) is 0. The summed E-state index contributed by atoms with van der Waals surface area (Å²) in [6.45, 7) is 0. The van der Waals surface area contributed by atoms with E-state index in [-0.39, 0.29) is 0 Å². The van der Waals surface area contributed by atoms with Crippen molar-refractivity contribution in [2.75, 3.05) is 0 Å². The molecule has 0 spiro atoms. The van der Waals surface area contributed by atoms with Crippen LogP contribution in [-0.2, 0) is 0 Å². The quantitative estimate of drug-likeness (QED) is 0.455. The van der Waals surface area contributed by atoms with Gasteiger partial charge in [0.15, 0.2) is 0 Å². The molecule has 0 N–H and O–H groups in total. The Kier molecular flexibility index (Phi) is 1.56. The molecular weight excluding hydrogens is 210 g/mol. The van der Waals surface area contributed by atoms with E-state index in [1.165, 1.54) is 5.56 Å². The third-order valence-corrected chi connectivity index (χ3v) is 3.13. The van der Waals surface area contributed by atoms with Gasteiger partial charge in [-0.25, -0.2) is 4.52 Å². The maximum Gasteiger partial charge on any atom is 0.122 e. The molecule has 1 aliphatic rings. The van der Waals surface area contributed by atoms with Crippen LogP contribution in [0.2, 0.25) is 0 Å². The van der Waals surface area contributed by atoms with Gasteiger partial charge in [0.05, 0.1) is 0 Å². The lowest BCUT2D eigenvalue weighted by Crippen LogP contribution is -1.87. The lowest BCUT2D eigenvalue weighted by Gasteiger charge is -2.00. The molecule has 0 fully saturated rings. The van der Waals surface area contributed by atoms with Crippen LogP contribution in [0.15, 0.2) is 42.6 Å². The lowest BCUT2D eigenvalue weighted by atomic mass is 10.1. The zero-order valence-corrected chi connectivity index (χ0v) is 9.04. The van der Waals surface area contributed by atoms with E-state index in [0.29, 0.717) is 0 Å². The van der Waals surface area contributed by atoms with Gasteiger partial charge in [-0.3, -0.25) is 0 Å². The van der Waals surface area contributed by atoms with Crippen LogP contribution < -0.4 is 0 Å². The summed E-state index contributed by atoms with van der Waals surface area (Å²) < 4.78 is 1.83. The molecule has 0 bridgehead atoms. The Morgan fingerprint density at radius 1 is 0.882 bits per heavy atom. The second-order valence-electron chi connectivity index (χ2n) is 4.12. The molecule has 0 aliphatic heterocycles. The van der Waals surface area contributed by atoms with Crippen molar-refractivity contribution >= 4 is 17.7 Å². The Bertz CT molecular complexity index is 753. The van der Waals surface area contributed by atoms with Crippen LogP contribution >= 0.6 is 0 Å². The van der Waals surface area contributed by atoms with Gasteiger partial charge < -0.3 is 0 Å². The fourth-order valence-corrected chi connectivity index (χ4v) is 2.33. The third-order valence-electron chi connectivity index (χ3n) is 3.13. The molecule has 0 unspecified atom stereocenters. The first kappa shape index (κ1) is 8.70. The van der Waals surface area contributed by atoms with Crippen LogP contribution in [0.25, 0.3) is 28.9 Å². The summed E-state index contributed by atoms with van der Waals surface area (Å²) in [5.74, 6) is 0. The molecule has 3 nitrogen and oxygen atoms in total. The first-order chi connectivity index (χ1) is 8.43. The molecule has 3 heteroatoms. The van der Waals surface area contributed by atoms with Crippen LogP contribution in [0.4, 0.5) is 0 Å². The van der Waals surface area contributed by atoms with E-state index < -0.39 is 0 Å². The maximum absolute atomic E-state index is 4.30. The highest BCUT2D eigenvalue weighted by Gasteiger charge is 2.15. The number of benzene rings is 1. The molecule has 1 aliphatic carbocycles. The molecule has 0 radical (unpaired) electrons. The first-order valence-electron chi connectivity index (χ1n) is 5.55. The summed E-state index contributed by atoms with van der Waals surface area (Å²) in [6, 6.07) is 12.3. The average Bonchev–Trinajstić information content (AvgIpc) is 2.73. The van der Waals surface area contributed by atoms with Crippen molar-refractivity contribution in [1.82, 2.24) is 14.8 Å². The zero-order valence-electron chi connectivity index (χ0n) is 9.04. The lowest BCUT2D eigenvalue weighted by molar-refractivity contribution is 0.856. The second kappa shape index (κ2) is 3.04. The molecule has 80 valence electrons. The molecule has 0 saturated heterocycles. The predicted molar refractivity (Wildman–Crippen MR) is 67.4 cm³/mol. The summed E-state index contributed by atoms with van der Waals surface area (Å²) in [7, 11) is 0. The van der Waals surface area contributed by atoms with E-state index in [2.05, 4.69) is 40.7 Å². The van der Waals surface area contributed by atoms with E-state index >= 15 is 0 Å². The number of pyridine rings is 1. The molecule has 2 aromatic heterocycles. The highest BCUT2D eigenvalue weighted by molar-refractivity contribution is 5.94. The molecule has 0 amide bonds. The minimum atomic E-state index is 0.959. The summed E-state index contributed by atoms with van der Waals surface area (Å²) >= 11 is 0. The van der Waals surface area contributed by atoms with Crippen LogP contribution in [-0.4, -0.2) is 14.8 Å². The Hall–Kier alpha value is -2.42. The van der Waals surface area contributed by atoms with Gasteiger partial charge in [-0.2, -0.15) is 0 Å². The minimum absolute atomic E-state index is 0.959. The molecule has 1 aromatic carbocycles. The average molecular weight is 219 g/mol. The normalized spacial score (nSPS) is 12.5. The fourth-order valence-electron chi connectivity index (χ4n) is 2.33. The van der Waals surface area contributed by atoms with Gasteiger partial charge in [-0.15, -0.1) is 5.10 Å². The van der Waals surface area contributed by atoms with E-state index in [1.54, 1.807) is 0 Å². The van der Waals surface area contributed by atoms with E-state index in [1.807, 2.05) is 28.9 Å². The van der Waals surface area contributed by atoms with E-state index in [9.17, 15) is 0 Å². The zero-order chi connectivity index (χ0) is 11.2. The highest BCUT2D eigenvalue weighted by Crippen LogP contribution is 2.32. The second-order valence-corrected chi connectivity index (χ2v) is 4.12. The highest BCUT2D eigenvalue weighted by atomic mass is 15.4. The van der Waals surface area contributed by atoms with Crippen molar-refractivity contribution in [1.29, 1.82) is 0 Å². The van der Waals surface area contributed by atoms with Crippen molar-refractivity contribution in [2.24, 2.45) is 0 Å². The third kappa shape index (κ3) is 1.11. The fraction of sp³-hybridized carbons (Fsp3) is 0. The summed E-state index contributed by atoms with van der Waals surface area (Å²) in [5.41, 5.74) is 5.52. The molecule has 4 rings (SSSR count). The standard InChI is InChI=1S/C14H9N3/c1-2-6-12-10(4-1)7-8-11-5-3-9-17-14(11)13(12)15-16-17/h1-9H. The number of aromatic nitrogens is 3. The molecule has 3 aromatic rings. The number of fused-ring (bicyclic) bond motifs is 2. The Morgan fingerprint density at radius 2 is 1.71 bits per heavy atom. The maximum atomic E-state index is 4.30. The van der Waals surface area contributed by atoms with Crippen molar-refractivity contribution in [3.8, 4) is 11.3 Å². The van der Waals surface area contributed by atoms with Crippen molar-refractivity contribution in [3.05, 3.63) is 53.7 Å². The van der Waals surface area contributed by atoms with Crippen LogP contribution in [0.5, 0.6) is 0 Å². The first-order valence-corrected chi connectivity index (χ1v) is 5.55. The van der Waals surface area contributed by atoms with Gasteiger partial charge in [0.1, 0.15) is 11.2 Å². The van der Waals surface area contributed by atoms with Gasteiger partial charge >= 0.3 is 0 Å². The van der Waals surface area contributed by atoms with Gasteiger partial charge in [-0.05, 0) is 11.6 Å². The smallest absolute Gasteiger partial charge is 0.122 e.